The minimum atomic E-state index is -0.512. The average molecular weight is 255 g/mol. The Hall–Kier alpha value is -2.23. The molecule has 0 fully saturated rings. The van der Waals surface area contributed by atoms with E-state index in [9.17, 15) is 4.79 Å². The van der Waals surface area contributed by atoms with E-state index in [1.807, 2.05) is 18.3 Å². The highest BCUT2D eigenvalue weighted by Crippen LogP contribution is 2.27. The van der Waals surface area contributed by atoms with Gasteiger partial charge in [0.15, 0.2) is 0 Å². The molecule has 0 aliphatic carbocycles. The van der Waals surface area contributed by atoms with Crippen LogP contribution >= 0.6 is 0 Å². The lowest BCUT2D eigenvalue weighted by molar-refractivity contribution is 0.0995. The van der Waals surface area contributed by atoms with E-state index in [1.165, 1.54) is 5.56 Å². The van der Waals surface area contributed by atoms with Crippen molar-refractivity contribution in [3.8, 4) is 11.1 Å². The van der Waals surface area contributed by atoms with Crippen LogP contribution in [0.3, 0.4) is 0 Å². The summed E-state index contributed by atoms with van der Waals surface area (Å²) in [4.78, 5) is 19.6. The Morgan fingerprint density at radius 3 is 2.53 bits per heavy atom. The quantitative estimate of drug-likeness (QED) is 0.911. The number of carbonyl (C=O) groups is 1. The summed E-state index contributed by atoms with van der Waals surface area (Å²) >= 11 is 0. The van der Waals surface area contributed by atoms with Crippen LogP contribution in [0.15, 0.2) is 30.6 Å². The number of hydrogen-bond acceptors (Lipinski definition) is 3. The van der Waals surface area contributed by atoms with E-state index >= 15 is 0 Å². The van der Waals surface area contributed by atoms with Crippen LogP contribution in [0, 0.1) is 0 Å². The van der Waals surface area contributed by atoms with Gasteiger partial charge in [-0.15, -0.1) is 0 Å². The zero-order valence-corrected chi connectivity index (χ0v) is 11.2. The topological polar surface area (TPSA) is 68.9 Å². The fraction of sp³-hybridized carbons (Fsp3) is 0.267. The molecule has 0 unspecified atom stereocenters. The summed E-state index contributed by atoms with van der Waals surface area (Å²) in [7, 11) is 0. The highest BCUT2D eigenvalue weighted by atomic mass is 16.1. The zero-order valence-electron chi connectivity index (χ0n) is 11.2. The van der Waals surface area contributed by atoms with Crippen LogP contribution < -0.4 is 5.73 Å². The second-order valence-electron chi connectivity index (χ2n) is 4.29. The van der Waals surface area contributed by atoms with Crippen molar-refractivity contribution in [3.05, 3.63) is 47.5 Å². The Morgan fingerprint density at radius 1 is 1.16 bits per heavy atom. The number of rotatable bonds is 4. The third-order valence-corrected chi connectivity index (χ3v) is 3.13. The summed E-state index contributed by atoms with van der Waals surface area (Å²) in [5.41, 5.74) is 9.86. The summed E-state index contributed by atoms with van der Waals surface area (Å²) in [5, 5.41) is 0. The third-order valence-electron chi connectivity index (χ3n) is 3.13. The molecule has 2 aromatic rings. The number of primary amides is 1. The number of aryl methyl sites for hydroxylation is 2. The minimum absolute atomic E-state index is 0.283. The Balaban J connectivity index is 2.63. The molecule has 0 aromatic carbocycles. The van der Waals surface area contributed by atoms with E-state index in [1.54, 1.807) is 12.3 Å². The maximum Gasteiger partial charge on any atom is 0.267 e. The first-order chi connectivity index (χ1) is 9.17. The molecule has 0 atom stereocenters. The van der Waals surface area contributed by atoms with Crippen LogP contribution in [0.2, 0.25) is 0 Å². The van der Waals surface area contributed by atoms with Gasteiger partial charge in [-0.05, 0) is 42.2 Å². The normalized spacial score (nSPS) is 10.4. The summed E-state index contributed by atoms with van der Waals surface area (Å²) in [6, 6.07) is 5.64. The Labute approximate surface area is 112 Å². The first kappa shape index (κ1) is 13.2. The van der Waals surface area contributed by atoms with Crippen molar-refractivity contribution in [1.82, 2.24) is 9.97 Å². The van der Waals surface area contributed by atoms with Crippen molar-refractivity contribution in [2.75, 3.05) is 0 Å². The first-order valence-electron chi connectivity index (χ1n) is 6.40. The van der Waals surface area contributed by atoms with Crippen molar-refractivity contribution < 1.29 is 4.79 Å². The number of pyridine rings is 2. The van der Waals surface area contributed by atoms with Gasteiger partial charge in [-0.25, -0.2) is 0 Å². The first-order valence-corrected chi connectivity index (χ1v) is 6.40. The number of nitrogens with zero attached hydrogens (tertiary/aromatic N) is 2. The molecule has 0 aliphatic rings. The van der Waals surface area contributed by atoms with Crippen molar-refractivity contribution in [1.29, 1.82) is 0 Å². The molecule has 2 N–H and O–H groups in total. The smallest absolute Gasteiger partial charge is 0.267 e. The van der Waals surface area contributed by atoms with E-state index in [0.717, 1.165) is 29.7 Å². The van der Waals surface area contributed by atoms with Crippen LogP contribution in [0.4, 0.5) is 0 Å². The average Bonchev–Trinajstić information content (AvgIpc) is 2.46. The maximum absolute atomic E-state index is 11.2. The lowest BCUT2D eigenvalue weighted by atomic mass is 9.96. The second kappa shape index (κ2) is 5.61. The molecule has 2 rings (SSSR count). The maximum atomic E-state index is 11.2. The molecule has 98 valence electrons. The lowest BCUT2D eigenvalue weighted by Crippen LogP contribution is -2.13. The lowest BCUT2D eigenvalue weighted by Gasteiger charge is -2.12. The Bertz CT molecular complexity index is 586. The zero-order chi connectivity index (χ0) is 13.8. The van der Waals surface area contributed by atoms with Crippen LogP contribution in [0.1, 0.15) is 35.6 Å². The van der Waals surface area contributed by atoms with Crippen molar-refractivity contribution in [2.24, 2.45) is 5.73 Å². The van der Waals surface area contributed by atoms with Gasteiger partial charge in [0.2, 0.25) is 0 Å². The molecule has 19 heavy (non-hydrogen) atoms. The Morgan fingerprint density at radius 2 is 1.89 bits per heavy atom. The molecule has 4 heteroatoms. The van der Waals surface area contributed by atoms with E-state index in [4.69, 9.17) is 5.73 Å². The molecule has 1 amide bonds. The molecule has 0 bridgehead atoms. The number of carbonyl (C=O) groups excluding carboxylic acids is 1. The van der Waals surface area contributed by atoms with E-state index in [0.29, 0.717) is 0 Å². The van der Waals surface area contributed by atoms with Crippen LogP contribution in [0.25, 0.3) is 11.1 Å². The molecule has 0 spiro atoms. The molecule has 0 aliphatic heterocycles. The standard InChI is InChI=1S/C15H17N3O/c1-3-10-5-7-17-12(4-2)14(10)11-6-8-18-13(9-11)15(16)19/h5-9H,3-4H2,1-2H3,(H2,16,19). The molecule has 4 nitrogen and oxygen atoms in total. The van der Waals surface area contributed by atoms with Gasteiger partial charge in [-0.1, -0.05) is 13.8 Å². The highest BCUT2D eigenvalue weighted by Gasteiger charge is 2.12. The van der Waals surface area contributed by atoms with E-state index in [-0.39, 0.29) is 5.69 Å². The largest absolute Gasteiger partial charge is 0.364 e. The van der Waals surface area contributed by atoms with Crippen molar-refractivity contribution >= 4 is 5.91 Å². The number of aromatic nitrogens is 2. The van der Waals surface area contributed by atoms with Crippen LogP contribution in [-0.4, -0.2) is 15.9 Å². The predicted octanol–water partition coefficient (Wildman–Crippen LogP) is 2.37. The van der Waals surface area contributed by atoms with Crippen molar-refractivity contribution in [2.45, 2.75) is 26.7 Å². The minimum Gasteiger partial charge on any atom is -0.364 e. The summed E-state index contributed by atoms with van der Waals surface area (Å²) < 4.78 is 0. The molecular formula is C15H17N3O. The van der Waals surface area contributed by atoms with Crippen molar-refractivity contribution in [3.63, 3.8) is 0 Å². The number of hydrogen-bond donors (Lipinski definition) is 1. The van der Waals surface area contributed by atoms with Gasteiger partial charge in [0.1, 0.15) is 5.69 Å². The molecule has 2 heterocycles. The van der Waals surface area contributed by atoms with Gasteiger partial charge < -0.3 is 5.73 Å². The van der Waals surface area contributed by atoms with Crippen LogP contribution in [-0.2, 0) is 12.8 Å². The van der Waals surface area contributed by atoms with Gasteiger partial charge in [0.25, 0.3) is 5.91 Å². The molecule has 0 saturated carbocycles. The van der Waals surface area contributed by atoms with E-state index in [2.05, 4.69) is 23.8 Å². The number of nitrogens with two attached hydrogens (primary N) is 1. The fourth-order valence-electron chi connectivity index (χ4n) is 2.19. The van der Waals surface area contributed by atoms with Gasteiger partial charge in [0.05, 0.1) is 0 Å². The second-order valence-corrected chi connectivity index (χ2v) is 4.29. The number of amides is 1. The van der Waals surface area contributed by atoms with Gasteiger partial charge in [0, 0.05) is 23.7 Å². The molecular weight excluding hydrogens is 238 g/mol. The summed E-state index contributed by atoms with van der Waals surface area (Å²) in [6.45, 7) is 4.18. The predicted molar refractivity (Wildman–Crippen MR) is 74.7 cm³/mol. The summed E-state index contributed by atoms with van der Waals surface area (Å²) in [6.07, 6.45) is 5.20. The van der Waals surface area contributed by atoms with Gasteiger partial charge in [-0.3, -0.25) is 14.8 Å². The highest BCUT2D eigenvalue weighted by molar-refractivity contribution is 5.92. The fourth-order valence-corrected chi connectivity index (χ4v) is 2.19. The SMILES string of the molecule is CCc1ccnc(CC)c1-c1ccnc(C(N)=O)c1. The van der Waals surface area contributed by atoms with Gasteiger partial charge >= 0.3 is 0 Å². The molecule has 2 aromatic heterocycles. The third kappa shape index (κ3) is 2.62. The van der Waals surface area contributed by atoms with Crippen LogP contribution in [0.5, 0.6) is 0 Å². The van der Waals surface area contributed by atoms with Gasteiger partial charge in [-0.2, -0.15) is 0 Å². The Kier molecular flexibility index (Phi) is 3.90. The molecule has 0 radical (unpaired) electrons. The molecule has 0 saturated heterocycles. The monoisotopic (exact) mass is 255 g/mol. The van der Waals surface area contributed by atoms with E-state index < -0.39 is 5.91 Å². The summed E-state index contributed by atoms with van der Waals surface area (Å²) in [5.74, 6) is -0.512.